The minimum Gasteiger partial charge on any atom is -0.508 e. The molecule has 0 aliphatic heterocycles. The van der Waals surface area contributed by atoms with Crippen molar-refractivity contribution in [3.63, 3.8) is 0 Å². The van der Waals surface area contributed by atoms with Crippen molar-refractivity contribution in [3.05, 3.63) is 236 Å². The first-order chi connectivity index (χ1) is 42.8. The first-order valence-electron chi connectivity index (χ1n) is 29.3. The maximum atomic E-state index is 12.8. The van der Waals surface area contributed by atoms with E-state index in [4.69, 9.17) is 29.6 Å². The summed E-state index contributed by atoms with van der Waals surface area (Å²) in [6, 6.07) is 49.6. The topological polar surface area (TPSA) is 195 Å². The largest absolute Gasteiger partial charge is 0.508 e. The van der Waals surface area contributed by atoms with E-state index in [0.717, 1.165) is 77.4 Å². The molecule has 0 saturated heterocycles. The highest BCUT2D eigenvalue weighted by Gasteiger charge is 2.25. The Hall–Kier alpha value is -8.21. The average Bonchev–Trinajstić information content (AvgIpc) is 0.849. The molecule has 91 heavy (non-hydrogen) atoms. The number of carbonyl (C=O) groups is 2. The number of ketones is 2. The number of aromatic hydroxyl groups is 3. The molecular formula is C75H81ClO12S3. The number of benzene rings is 6. The molecule has 16 heteroatoms. The smallest absolute Gasteiger partial charge is 0.354 e. The fourth-order valence-electron chi connectivity index (χ4n) is 8.41. The number of alkyl halides is 1. The zero-order chi connectivity index (χ0) is 67.4. The standard InChI is InChI=1S/C25H26O4S.C22H22O3S.C21H20O4S.C4H8.C3H5ClO/c1-16-13-21(18-9-7-6-8-10-18)29-24(27)23(16)30-22-12-11-19(28-15-17(2)26)14-20(22)25(3,4)5;1-14-12-18(15-8-6-5-7-9-15)25-21(24)20(14)26-19-11-10-16(23)13-17(19)22(2,3)4;1-21(2,3)15-11-14(22)9-10-18(15)26-19-16(23)12-17(25-20(19)24)13-7-5-4-6-8-13;1-3-4-2;1-3(5)2-4/h6-14H,15H2,1-5H3;5-13,23H,1-4H3;4-12,22-23H,1-3H3;3H,1,4H2,2H3;2H2,1H3. The number of phenolic OH excluding ortho intramolecular Hbond substituents is 2. The Kier molecular flexibility index (Phi) is 27.3. The van der Waals surface area contributed by atoms with Crippen LogP contribution in [0.3, 0.4) is 0 Å². The quantitative estimate of drug-likeness (QED) is 0.0687. The predicted molar refractivity (Wildman–Crippen MR) is 372 cm³/mol. The minimum atomic E-state index is -0.596. The summed E-state index contributed by atoms with van der Waals surface area (Å²) >= 11 is 8.92. The van der Waals surface area contributed by atoms with Crippen LogP contribution < -0.4 is 21.6 Å². The number of halogens is 1. The summed E-state index contributed by atoms with van der Waals surface area (Å²) in [5.74, 6) is 2.48. The first-order valence-corrected chi connectivity index (χ1v) is 32.3. The molecule has 3 heterocycles. The maximum absolute atomic E-state index is 12.8. The summed E-state index contributed by atoms with van der Waals surface area (Å²) in [6.07, 6.45) is 2.96. The molecule has 9 aromatic rings. The highest BCUT2D eigenvalue weighted by molar-refractivity contribution is 8.00. The molecule has 12 nitrogen and oxygen atoms in total. The van der Waals surface area contributed by atoms with Crippen molar-refractivity contribution in [2.24, 2.45) is 0 Å². The van der Waals surface area contributed by atoms with Crippen LogP contribution in [0.5, 0.6) is 23.0 Å². The van der Waals surface area contributed by atoms with E-state index in [1.165, 1.54) is 43.4 Å². The minimum absolute atomic E-state index is 0.0201. The van der Waals surface area contributed by atoms with Crippen molar-refractivity contribution in [2.75, 3.05) is 12.5 Å². The third-order valence-electron chi connectivity index (χ3n) is 13.1. The van der Waals surface area contributed by atoms with Gasteiger partial charge in [-0.15, -0.1) is 18.2 Å². The lowest BCUT2D eigenvalue weighted by molar-refractivity contribution is -0.119. The lowest BCUT2D eigenvalue weighted by atomic mass is 9.87. The molecule has 0 unspecified atom stereocenters. The Morgan fingerprint density at radius 1 is 0.495 bits per heavy atom. The van der Waals surface area contributed by atoms with Crippen molar-refractivity contribution in [1.29, 1.82) is 0 Å². The molecule has 3 aromatic heterocycles. The van der Waals surface area contributed by atoms with E-state index in [9.17, 15) is 39.3 Å². The van der Waals surface area contributed by atoms with Gasteiger partial charge in [0.05, 0.1) is 5.88 Å². The number of allylic oxidation sites excluding steroid dienone is 1. The number of rotatable bonds is 14. The number of hydrogen-bond donors (Lipinski definition) is 3. The van der Waals surface area contributed by atoms with Gasteiger partial charge in [0, 0.05) is 37.4 Å². The normalized spacial score (nSPS) is 11.0. The zero-order valence-corrected chi connectivity index (χ0v) is 57.3. The summed E-state index contributed by atoms with van der Waals surface area (Å²) in [6.45, 7) is 31.0. The third kappa shape index (κ3) is 22.3. The van der Waals surface area contributed by atoms with Gasteiger partial charge in [0.15, 0.2) is 5.78 Å². The third-order valence-corrected chi connectivity index (χ3v) is 17.2. The summed E-state index contributed by atoms with van der Waals surface area (Å²) in [5.41, 5.74) is 5.28. The Morgan fingerprint density at radius 3 is 1.12 bits per heavy atom. The van der Waals surface area contributed by atoms with Gasteiger partial charge in [-0.05, 0) is 145 Å². The van der Waals surface area contributed by atoms with E-state index >= 15 is 0 Å². The number of Topliss-reactive ketones (excluding diaryl/α,β-unsaturated/α-hetero) is 2. The van der Waals surface area contributed by atoms with E-state index in [1.807, 2.05) is 168 Å². The summed E-state index contributed by atoms with van der Waals surface area (Å²) in [7, 11) is 0. The molecule has 0 spiro atoms. The fraction of sp³-hybridized carbons (Fsp3) is 0.267. The van der Waals surface area contributed by atoms with Crippen LogP contribution in [-0.4, -0.2) is 39.4 Å². The molecule has 478 valence electrons. The van der Waals surface area contributed by atoms with Gasteiger partial charge in [0.25, 0.3) is 0 Å². The number of ether oxygens (including phenoxy) is 1. The van der Waals surface area contributed by atoms with Crippen molar-refractivity contribution < 1.29 is 42.9 Å². The van der Waals surface area contributed by atoms with Crippen LogP contribution in [0.2, 0.25) is 0 Å². The molecule has 0 fully saturated rings. The number of carbonyl (C=O) groups excluding carboxylic acids is 2. The molecule has 0 amide bonds. The van der Waals surface area contributed by atoms with Gasteiger partial charge in [-0.1, -0.05) is 202 Å². The van der Waals surface area contributed by atoms with E-state index < -0.39 is 5.63 Å². The molecule has 9 rings (SSSR count). The van der Waals surface area contributed by atoms with Gasteiger partial charge in [-0.2, -0.15) is 0 Å². The van der Waals surface area contributed by atoms with Crippen LogP contribution in [0.15, 0.2) is 233 Å². The van der Waals surface area contributed by atoms with Crippen LogP contribution >= 0.6 is 46.9 Å². The van der Waals surface area contributed by atoms with Crippen LogP contribution in [0.25, 0.3) is 34.0 Å². The highest BCUT2D eigenvalue weighted by Crippen LogP contribution is 2.43. The number of hydrogen-bond acceptors (Lipinski definition) is 15. The van der Waals surface area contributed by atoms with E-state index in [2.05, 4.69) is 55.0 Å². The van der Waals surface area contributed by atoms with E-state index in [0.29, 0.717) is 32.8 Å². The molecule has 0 radical (unpaired) electrons. The zero-order valence-electron chi connectivity index (χ0n) is 54.1. The summed E-state index contributed by atoms with van der Waals surface area (Å²) in [5, 5.41) is 30.1. The molecule has 0 aliphatic carbocycles. The number of aryl methyl sites for hydroxylation is 2. The second kappa shape index (κ2) is 33.7. The average molecular weight is 1310 g/mol. The Balaban J connectivity index is 0.000000232. The Bertz CT molecular complexity index is 3930. The van der Waals surface area contributed by atoms with Gasteiger partial charge in [-0.3, -0.25) is 9.59 Å². The van der Waals surface area contributed by atoms with Crippen molar-refractivity contribution in [1.82, 2.24) is 0 Å². The number of phenols is 2. The van der Waals surface area contributed by atoms with Crippen molar-refractivity contribution in [2.45, 2.75) is 149 Å². The monoisotopic (exact) mass is 1300 g/mol. The molecular weight excluding hydrogens is 1220 g/mol. The van der Waals surface area contributed by atoms with Crippen LogP contribution in [-0.2, 0) is 25.8 Å². The fourth-order valence-corrected chi connectivity index (χ4v) is 11.9. The Labute approximate surface area is 551 Å². The van der Waals surface area contributed by atoms with Gasteiger partial charge in [-0.25, -0.2) is 14.4 Å². The second-order valence-corrected chi connectivity index (χ2v) is 27.6. The van der Waals surface area contributed by atoms with Gasteiger partial charge in [0.2, 0.25) is 0 Å². The first kappa shape index (κ1) is 73.5. The lowest BCUT2D eigenvalue weighted by Gasteiger charge is -2.23. The molecule has 0 atom stereocenters. The molecule has 3 N–H and O–H groups in total. The second-order valence-electron chi connectivity index (χ2n) is 24.1. The van der Waals surface area contributed by atoms with Gasteiger partial charge >= 0.3 is 16.9 Å². The van der Waals surface area contributed by atoms with Crippen molar-refractivity contribution in [3.8, 4) is 57.0 Å². The van der Waals surface area contributed by atoms with Gasteiger partial charge < -0.3 is 33.3 Å². The van der Waals surface area contributed by atoms with E-state index in [-0.39, 0.29) is 73.7 Å². The Morgan fingerprint density at radius 2 is 0.813 bits per heavy atom. The van der Waals surface area contributed by atoms with Crippen LogP contribution in [0.1, 0.15) is 117 Å². The van der Waals surface area contributed by atoms with Crippen LogP contribution in [0.4, 0.5) is 0 Å². The predicted octanol–water partition coefficient (Wildman–Crippen LogP) is 19.4. The lowest BCUT2D eigenvalue weighted by Crippen LogP contribution is -2.14. The molecule has 6 aromatic carbocycles. The van der Waals surface area contributed by atoms with Crippen molar-refractivity contribution >= 4 is 58.5 Å². The molecule has 0 aliphatic rings. The highest BCUT2D eigenvalue weighted by atomic mass is 35.5. The summed E-state index contributed by atoms with van der Waals surface area (Å²) < 4.78 is 22.2. The van der Waals surface area contributed by atoms with Crippen LogP contribution in [0, 0.1) is 13.8 Å². The SMILES string of the molecule is C=CCC.CC(=O)CCl.CC(=O)COc1ccc(Sc2c(C)cc(-c3ccccc3)oc2=O)c(C(C)(C)C)c1.CC(C)(C)c1cc(O)ccc1Sc1c(O)cc(-c2ccccc2)oc1=O.Cc1cc(-c2ccccc2)oc(=O)c1Sc1ccc(O)cc1C(C)(C)C. The molecule has 0 bridgehead atoms. The van der Waals surface area contributed by atoms with Gasteiger partial charge in [0.1, 0.15) is 67.4 Å². The van der Waals surface area contributed by atoms with E-state index in [1.54, 1.807) is 30.3 Å². The summed E-state index contributed by atoms with van der Waals surface area (Å²) in [4.78, 5) is 62.8. The maximum Gasteiger partial charge on any atom is 0.354 e. The molecule has 0 saturated carbocycles.